The van der Waals surface area contributed by atoms with Gasteiger partial charge in [-0.2, -0.15) is 0 Å². The zero-order valence-corrected chi connectivity index (χ0v) is 11.9. The zero-order chi connectivity index (χ0) is 12.8. The van der Waals surface area contributed by atoms with Crippen LogP contribution >= 0.6 is 15.9 Å². The Morgan fingerprint density at radius 1 is 1.44 bits per heavy atom. The Balaban J connectivity index is 1.79. The first-order valence-electron chi connectivity index (χ1n) is 6.37. The van der Waals surface area contributed by atoms with Crippen LogP contribution in [0, 0.1) is 0 Å². The number of halogens is 1. The number of piperidine rings is 1. The van der Waals surface area contributed by atoms with Crippen molar-refractivity contribution in [1.29, 1.82) is 0 Å². The van der Waals surface area contributed by atoms with Crippen LogP contribution in [-0.4, -0.2) is 36.9 Å². The highest BCUT2D eigenvalue weighted by Crippen LogP contribution is 2.18. The Hall–Kier alpha value is -0.870. The summed E-state index contributed by atoms with van der Waals surface area (Å²) in [6.07, 6.45) is 4.40. The maximum absolute atomic E-state index is 11.0. The van der Waals surface area contributed by atoms with Crippen molar-refractivity contribution in [3.05, 3.63) is 28.7 Å². The van der Waals surface area contributed by atoms with E-state index in [9.17, 15) is 4.79 Å². The molecule has 1 atom stereocenters. The quantitative estimate of drug-likeness (QED) is 0.783. The Bertz CT molecular complexity index is 397. The van der Waals surface area contributed by atoms with Crippen LogP contribution in [0.25, 0.3) is 0 Å². The molecule has 0 amide bonds. The van der Waals surface area contributed by atoms with Crippen LogP contribution in [0.15, 0.2) is 28.7 Å². The van der Waals surface area contributed by atoms with Crippen molar-refractivity contribution in [2.24, 2.45) is 0 Å². The molecule has 1 aliphatic rings. The molecule has 2 rings (SSSR count). The lowest BCUT2D eigenvalue weighted by Crippen LogP contribution is -2.42. The van der Waals surface area contributed by atoms with Gasteiger partial charge >= 0.3 is 0 Å². The molecule has 0 saturated carbocycles. The Morgan fingerprint density at radius 2 is 2.33 bits per heavy atom. The minimum Gasteiger partial charge on any atom is -0.492 e. The highest BCUT2D eigenvalue weighted by molar-refractivity contribution is 9.10. The summed E-state index contributed by atoms with van der Waals surface area (Å²) in [6, 6.07) is 7.91. The SMILES string of the molecule is O=CC1CCCCN1CCOc1cccc(Br)c1. The van der Waals surface area contributed by atoms with E-state index in [4.69, 9.17) is 4.74 Å². The lowest BCUT2D eigenvalue weighted by atomic mass is 10.0. The molecule has 0 spiro atoms. The average Bonchev–Trinajstić information content (AvgIpc) is 2.39. The third kappa shape index (κ3) is 3.82. The molecule has 1 saturated heterocycles. The fourth-order valence-corrected chi connectivity index (χ4v) is 2.66. The van der Waals surface area contributed by atoms with Gasteiger partial charge in [0.1, 0.15) is 18.6 Å². The third-order valence-electron chi connectivity index (χ3n) is 3.26. The van der Waals surface area contributed by atoms with Gasteiger partial charge in [-0.3, -0.25) is 4.90 Å². The molecule has 0 aromatic heterocycles. The van der Waals surface area contributed by atoms with Gasteiger partial charge in [0.2, 0.25) is 0 Å². The summed E-state index contributed by atoms with van der Waals surface area (Å²) in [5.41, 5.74) is 0. The van der Waals surface area contributed by atoms with Gasteiger partial charge in [-0.25, -0.2) is 0 Å². The minimum absolute atomic E-state index is 0.0878. The zero-order valence-electron chi connectivity index (χ0n) is 10.3. The van der Waals surface area contributed by atoms with Crippen molar-refractivity contribution in [2.45, 2.75) is 25.3 Å². The van der Waals surface area contributed by atoms with E-state index in [1.54, 1.807) is 0 Å². The lowest BCUT2D eigenvalue weighted by Gasteiger charge is -2.31. The molecule has 3 nitrogen and oxygen atoms in total. The van der Waals surface area contributed by atoms with Crippen molar-refractivity contribution in [3.63, 3.8) is 0 Å². The number of carbonyl (C=O) groups is 1. The minimum atomic E-state index is 0.0878. The fraction of sp³-hybridized carbons (Fsp3) is 0.500. The van der Waals surface area contributed by atoms with Crippen LogP contribution in [0.1, 0.15) is 19.3 Å². The van der Waals surface area contributed by atoms with E-state index < -0.39 is 0 Å². The Morgan fingerprint density at radius 3 is 3.11 bits per heavy atom. The van der Waals surface area contributed by atoms with Crippen LogP contribution in [0.2, 0.25) is 0 Å². The number of benzene rings is 1. The van der Waals surface area contributed by atoms with Gasteiger partial charge in [0.25, 0.3) is 0 Å². The van der Waals surface area contributed by atoms with E-state index in [1.807, 2.05) is 24.3 Å². The molecule has 0 N–H and O–H groups in total. The maximum Gasteiger partial charge on any atom is 0.137 e. The normalized spacial score (nSPS) is 20.6. The van der Waals surface area contributed by atoms with Crippen molar-refractivity contribution < 1.29 is 9.53 Å². The fourth-order valence-electron chi connectivity index (χ4n) is 2.29. The molecule has 18 heavy (non-hydrogen) atoms. The van der Waals surface area contributed by atoms with Crippen LogP contribution < -0.4 is 4.74 Å². The molecule has 1 fully saturated rings. The molecule has 1 aromatic rings. The topological polar surface area (TPSA) is 29.5 Å². The monoisotopic (exact) mass is 311 g/mol. The predicted molar refractivity (Wildman–Crippen MR) is 74.9 cm³/mol. The first-order valence-corrected chi connectivity index (χ1v) is 7.16. The van der Waals surface area contributed by atoms with Crippen LogP contribution in [0.3, 0.4) is 0 Å². The van der Waals surface area contributed by atoms with Gasteiger partial charge in [-0.05, 0) is 37.6 Å². The first kappa shape index (κ1) is 13.6. The molecule has 4 heteroatoms. The second-order valence-corrected chi connectivity index (χ2v) is 5.46. The molecule has 0 aliphatic carbocycles. The van der Waals surface area contributed by atoms with E-state index in [0.29, 0.717) is 6.61 Å². The number of hydrogen-bond donors (Lipinski definition) is 0. The summed E-state index contributed by atoms with van der Waals surface area (Å²) < 4.78 is 6.71. The van der Waals surface area contributed by atoms with Crippen LogP contribution in [-0.2, 0) is 4.79 Å². The Kier molecular flexibility index (Phi) is 5.20. The molecule has 0 bridgehead atoms. The number of ether oxygens (including phenoxy) is 1. The predicted octanol–water partition coefficient (Wildman–Crippen LogP) is 2.88. The summed E-state index contributed by atoms with van der Waals surface area (Å²) in [6.45, 7) is 2.45. The highest BCUT2D eigenvalue weighted by atomic mass is 79.9. The average molecular weight is 312 g/mol. The largest absolute Gasteiger partial charge is 0.492 e. The highest BCUT2D eigenvalue weighted by Gasteiger charge is 2.21. The van der Waals surface area contributed by atoms with Gasteiger partial charge in [0.05, 0.1) is 6.04 Å². The second kappa shape index (κ2) is 6.90. The van der Waals surface area contributed by atoms with Crippen molar-refractivity contribution >= 4 is 22.2 Å². The molecular weight excluding hydrogens is 294 g/mol. The van der Waals surface area contributed by atoms with Crippen molar-refractivity contribution in [1.82, 2.24) is 4.90 Å². The van der Waals surface area contributed by atoms with E-state index in [-0.39, 0.29) is 6.04 Å². The second-order valence-electron chi connectivity index (χ2n) is 4.54. The number of nitrogens with zero attached hydrogens (tertiary/aromatic N) is 1. The molecule has 0 radical (unpaired) electrons. The first-order chi connectivity index (χ1) is 8.79. The number of aldehydes is 1. The standard InChI is InChI=1S/C14H18BrNO2/c15-12-4-3-6-14(10-12)18-9-8-16-7-2-1-5-13(16)11-17/h3-4,6,10-11,13H,1-2,5,7-9H2. The van der Waals surface area contributed by atoms with Gasteiger partial charge < -0.3 is 9.53 Å². The summed E-state index contributed by atoms with van der Waals surface area (Å²) in [5, 5.41) is 0. The maximum atomic E-state index is 11.0. The van der Waals surface area contributed by atoms with E-state index in [0.717, 1.165) is 42.4 Å². The van der Waals surface area contributed by atoms with Gasteiger partial charge in [-0.15, -0.1) is 0 Å². The van der Waals surface area contributed by atoms with Crippen molar-refractivity contribution in [2.75, 3.05) is 19.7 Å². The van der Waals surface area contributed by atoms with E-state index in [2.05, 4.69) is 20.8 Å². The molecule has 98 valence electrons. The third-order valence-corrected chi connectivity index (χ3v) is 3.76. The smallest absolute Gasteiger partial charge is 0.137 e. The molecule has 1 unspecified atom stereocenters. The van der Waals surface area contributed by atoms with E-state index in [1.165, 1.54) is 6.42 Å². The Labute approximate surface area is 116 Å². The van der Waals surface area contributed by atoms with Crippen LogP contribution in [0.5, 0.6) is 5.75 Å². The number of rotatable bonds is 5. The number of likely N-dealkylation sites (tertiary alicyclic amines) is 1. The van der Waals surface area contributed by atoms with Crippen molar-refractivity contribution in [3.8, 4) is 5.75 Å². The van der Waals surface area contributed by atoms with Gasteiger partial charge in [0, 0.05) is 11.0 Å². The van der Waals surface area contributed by atoms with Gasteiger partial charge in [-0.1, -0.05) is 28.4 Å². The molecule has 1 aromatic carbocycles. The summed E-state index contributed by atoms with van der Waals surface area (Å²) in [7, 11) is 0. The molecular formula is C14H18BrNO2. The summed E-state index contributed by atoms with van der Waals surface area (Å²) >= 11 is 3.41. The van der Waals surface area contributed by atoms with Crippen LogP contribution in [0.4, 0.5) is 0 Å². The molecule has 1 aliphatic heterocycles. The summed E-state index contributed by atoms with van der Waals surface area (Å²) in [4.78, 5) is 13.2. The van der Waals surface area contributed by atoms with Gasteiger partial charge in [0.15, 0.2) is 0 Å². The lowest BCUT2D eigenvalue weighted by molar-refractivity contribution is -0.113. The number of carbonyl (C=O) groups excluding carboxylic acids is 1. The van der Waals surface area contributed by atoms with E-state index >= 15 is 0 Å². The molecule has 1 heterocycles. The number of hydrogen-bond acceptors (Lipinski definition) is 3. The summed E-state index contributed by atoms with van der Waals surface area (Å²) in [5.74, 6) is 0.865.